The molecule has 0 aromatic heterocycles. The largest absolute Gasteiger partial charge is 3.00 e. The van der Waals surface area contributed by atoms with Gasteiger partial charge in [-0.25, -0.2) is 0 Å². The molecule has 20 valence electrons. The van der Waals surface area contributed by atoms with Gasteiger partial charge in [0.2, 0.25) is 0 Å². The minimum Gasteiger partial charge on any atom is -2.00 e. The maximum Gasteiger partial charge on any atom is 3.00 e. The second-order valence-corrected chi connectivity index (χ2v) is 0. The fourth-order valence-electron chi connectivity index (χ4n) is 0. The Morgan fingerprint density at radius 2 is 1.00 bits per heavy atom. The van der Waals surface area contributed by atoms with Gasteiger partial charge in [0.05, 0.1) is 0 Å². The molecule has 0 aromatic carbocycles. The van der Waals surface area contributed by atoms with Gasteiger partial charge in [0, 0.05) is 0 Å². The first kappa shape index (κ1) is 32.6. The van der Waals surface area contributed by atoms with E-state index in [4.69, 9.17) is 0 Å². The molecule has 0 N–H and O–H groups in total. The standard InChI is InChI=1S/Ce.Fe.Mn.O/q+3;2*+2;-2. The zero-order chi connectivity index (χ0) is 0. The Morgan fingerprint density at radius 1 is 1.00 bits per heavy atom. The number of hydrogen-bond donors (Lipinski definition) is 0. The summed E-state index contributed by atoms with van der Waals surface area (Å²) < 4.78 is 0. The molecule has 0 saturated carbocycles. The summed E-state index contributed by atoms with van der Waals surface area (Å²) >= 11 is 0. The number of hydrogen-bond acceptors (Lipinski definition) is 0. The van der Waals surface area contributed by atoms with Crippen molar-refractivity contribution in [1.29, 1.82) is 0 Å². The van der Waals surface area contributed by atoms with E-state index in [0.29, 0.717) is 0 Å². The summed E-state index contributed by atoms with van der Waals surface area (Å²) in [5.74, 6) is 0. The first-order valence-electron chi connectivity index (χ1n) is 0. The van der Waals surface area contributed by atoms with Gasteiger partial charge in [-0.05, 0) is 0 Å². The summed E-state index contributed by atoms with van der Waals surface area (Å²) in [6.07, 6.45) is 0. The molecule has 0 aliphatic carbocycles. The van der Waals surface area contributed by atoms with Crippen LogP contribution in [0.15, 0.2) is 0 Å². The molecule has 0 aliphatic heterocycles. The Bertz CT molecular complexity index is 8.00. The van der Waals surface area contributed by atoms with E-state index in [0.717, 1.165) is 0 Å². The maximum atomic E-state index is 0. The third kappa shape index (κ3) is 8.83. The first-order chi connectivity index (χ1) is 0. The molecule has 4 heteroatoms. The zero-order valence-electron chi connectivity index (χ0n) is 1.64. The van der Waals surface area contributed by atoms with Crippen molar-refractivity contribution in [3.8, 4) is 0 Å². The summed E-state index contributed by atoms with van der Waals surface area (Å²) in [6, 6.07) is 0. The predicted molar refractivity (Wildman–Crippen MR) is 0.686 cm³/mol. The SMILES string of the molecule is [Ce+3].[Fe+2].[Mn+2].[O-2]. The molecule has 1 nitrogen and oxygen atoms in total. The van der Waals surface area contributed by atoms with Gasteiger partial charge in [0.25, 0.3) is 0 Å². The fraction of sp³-hybridized carbons (Fsp3) is 0. The summed E-state index contributed by atoms with van der Waals surface area (Å²) in [5.41, 5.74) is 0. The molecule has 0 atom stereocenters. The molecule has 0 rings (SSSR count). The van der Waals surface area contributed by atoms with Gasteiger partial charge < -0.3 is 5.48 Å². The van der Waals surface area contributed by atoms with E-state index in [1.807, 2.05) is 0 Å². The van der Waals surface area contributed by atoms with Gasteiger partial charge >= 0.3 is 75.9 Å². The van der Waals surface area contributed by atoms with Crippen LogP contribution in [0.5, 0.6) is 0 Å². The summed E-state index contributed by atoms with van der Waals surface area (Å²) in [7, 11) is 0. The molecule has 0 heterocycles. The van der Waals surface area contributed by atoms with E-state index in [1.54, 1.807) is 0 Å². The van der Waals surface area contributed by atoms with Crippen LogP contribution in [-0.4, -0.2) is 0 Å². The Labute approximate surface area is 79.9 Å². The van der Waals surface area contributed by atoms with Crippen LogP contribution >= 0.6 is 0 Å². The van der Waals surface area contributed by atoms with Crippen LogP contribution in [0, 0.1) is 41.7 Å². The van der Waals surface area contributed by atoms with Crippen molar-refractivity contribution >= 4 is 0 Å². The molecule has 0 spiro atoms. The van der Waals surface area contributed by atoms with Crippen molar-refractivity contribution in [3.63, 3.8) is 0 Å². The maximum absolute atomic E-state index is 0. The summed E-state index contributed by atoms with van der Waals surface area (Å²) in [6.45, 7) is 0. The molecule has 4 heavy (non-hydrogen) atoms. The van der Waals surface area contributed by atoms with Crippen molar-refractivity contribution in [2.75, 3.05) is 0 Å². The zero-order valence-corrected chi connectivity index (χ0v) is 7.06. The Balaban J connectivity index is 0. The van der Waals surface area contributed by atoms with Gasteiger partial charge in [0.1, 0.15) is 0 Å². The molecule has 0 unspecified atom stereocenters. The van der Waals surface area contributed by atoms with E-state index in [9.17, 15) is 0 Å². The van der Waals surface area contributed by atoms with Gasteiger partial charge in [0.15, 0.2) is 0 Å². The normalized spacial score (nSPS) is 0. The van der Waals surface area contributed by atoms with E-state index in [2.05, 4.69) is 0 Å². The molecule has 0 fully saturated rings. The van der Waals surface area contributed by atoms with Gasteiger partial charge in [-0.2, -0.15) is 0 Å². The molecule has 0 saturated heterocycles. The second-order valence-electron chi connectivity index (χ2n) is 0. The molecule has 0 aromatic rings. The Morgan fingerprint density at radius 3 is 1.00 bits per heavy atom. The van der Waals surface area contributed by atoms with Crippen LogP contribution in [0.1, 0.15) is 0 Å². The van der Waals surface area contributed by atoms with E-state index >= 15 is 0 Å². The topological polar surface area (TPSA) is 28.5 Å². The molecule has 0 amide bonds. The second kappa shape index (κ2) is 18.2. The average Bonchev–Trinajstić information content (AvgIpc) is 0. The van der Waals surface area contributed by atoms with Gasteiger partial charge in [-0.3, -0.25) is 0 Å². The van der Waals surface area contributed by atoms with Crippen molar-refractivity contribution < 1.29 is 81.4 Å². The van der Waals surface area contributed by atoms with E-state index in [1.165, 1.54) is 0 Å². The molecule has 0 bridgehead atoms. The predicted octanol–water partition coefficient (Wildman–Crippen LogP) is -0.124. The van der Waals surface area contributed by atoms with Crippen molar-refractivity contribution in [2.24, 2.45) is 0 Å². The van der Waals surface area contributed by atoms with Crippen LogP contribution in [0.25, 0.3) is 0 Å². The van der Waals surface area contributed by atoms with Gasteiger partial charge in [-0.1, -0.05) is 0 Å². The molecular weight excluding hydrogens is 267 g/mol. The summed E-state index contributed by atoms with van der Waals surface area (Å²) in [4.78, 5) is 0. The van der Waals surface area contributed by atoms with Crippen LogP contribution in [0.4, 0.5) is 0 Å². The monoisotopic (exact) mass is 267 g/mol. The van der Waals surface area contributed by atoms with Crippen LogP contribution in [-0.2, 0) is 39.6 Å². The third-order valence-electron chi connectivity index (χ3n) is 0. The van der Waals surface area contributed by atoms with Gasteiger partial charge in [-0.15, -0.1) is 0 Å². The van der Waals surface area contributed by atoms with E-state index in [-0.39, 0.29) is 81.4 Å². The fourth-order valence-corrected chi connectivity index (χ4v) is 0. The number of rotatable bonds is 0. The average molecular weight is 267 g/mol. The van der Waals surface area contributed by atoms with Crippen molar-refractivity contribution in [3.05, 3.63) is 0 Å². The van der Waals surface area contributed by atoms with Crippen molar-refractivity contribution in [1.82, 2.24) is 0 Å². The summed E-state index contributed by atoms with van der Waals surface area (Å²) in [5, 5.41) is 0. The minimum atomic E-state index is 0. The third-order valence-corrected chi connectivity index (χ3v) is 0. The van der Waals surface area contributed by atoms with E-state index < -0.39 is 0 Å². The van der Waals surface area contributed by atoms with Crippen LogP contribution in [0.3, 0.4) is 0 Å². The quantitative estimate of drug-likeness (QED) is 0.547. The molecule has 0 aliphatic rings. The van der Waals surface area contributed by atoms with Crippen molar-refractivity contribution in [2.45, 2.75) is 0 Å². The Hall–Kier alpha value is 2.38. The molecule has 2 radical (unpaired) electrons. The first-order valence-corrected chi connectivity index (χ1v) is 0. The minimum absolute atomic E-state index is 0. The Kier molecular flexibility index (Phi) is 149. The smallest absolute Gasteiger partial charge is 2.00 e. The van der Waals surface area contributed by atoms with Crippen LogP contribution < -0.4 is 0 Å². The van der Waals surface area contributed by atoms with Crippen LogP contribution in [0.2, 0.25) is 0 Å². The molecular formula is CeFeMnO+5.